The second-order valence-electron chi connectivity index (χ2n) is 4.50. The van der Waals surface area contributed by atoms with Crippen LogP contribution < -0.4 is 11.1 Å². The number of benzene rings is 1. The molecule has 0 saturated carbocycles. The molecule has 1 heterocycles. The highest BCUT2D eigenvalue weighted by atomic mass is 16.5. The standard InChI is InChI=1S/C15H18N2O2/c1-11-14(8-10-19-11)17-15(18)13-7-3-2-5-12(13)6-4-9-16/h2-3,5,7,11,14H,8-10,16H2,1H3,(H,17,18). The maximum Gasteiger partial charge on any atom is 0.252 e. The van der Waals surface area contributed by atoms with E-state index in [1.54, 1.807) is 6.07 Å². The molecule has 1 fully saturated rings. The van der Waals surface area contributed by atoms with Crippen molar-refractivity contribution in [1.82, 2.24) is 5.32 Å². The lowest BCUT2D eigenvalue weighted by molar-refractivity contribution is 0.0866. The van der Waals surface area contributed by atoms with Crippen molar-refractivity contribution >= 4 is 5.91 Å². The average Bonchev–Trinajstić information content (AvgIpc) is 2.82. The van der Waals surface area contributed by atoms with Gasteiger partial charge in [-0.3, -0.25) is 4.79 Å². The molecule has 2 atom stereocenters. The molecule has 1 aliphatic heterocycles. The summed E-state index contributed by atoms with van der Waals surface area (Å²) in [6.45, 7) is 2.95. The molecule has 0 bridgehead atoms. The van der Waals surface area contributed by atoms with Gasteiger partial charge < -0.3 is 15.8 Å². The SMILES string of the molecule is CC1OCCC1NC(=O)c1ccccc1C#CCN. The molecule has 1 aromatic carbocycles. The van der Waals surface area contributed by atoms with Crippen LogP contribution in [-0.2, 0) is 4.74 Å². The first-order valence-corrected chi connectivity index (χ1v) is 6.43. The van der Waals surface area contributed by atoms with E-state index in [0.29, 0.717) is 17.7 Å². The molecule has 19 heavy (non-hydrogen) atoms. The van der Waals surface area contributed by atoms with E-state index < -0.39 is 0 Å². The number of rotatable bonds is 2. The van der Waals surface area contributed by atoms with Crippen molar-refractivity contribution in [3.8, 4) is 11.8 Å². The van der Waals surface area contributed by atoms with Gasteiger partial charge in [-0.05, 0) is 25.5 Å². The van der Waals surface area contributed by atoms with Crippen LogP contribution in [0.5, 0.6) is 0 Å². The lowest BCUT2D eigenvalue weighted by Crippen LogP contribution is -2.39. The van der Waals surface area contributed by atoms with Crippen molar-refractivity contribution in [3.05, 3.63) is 35.4 Å². The zero-order valence-corrected chi connectivity index (χ0v) is 11.0. The van der Waals surface area contributed by atoms with E-state index in [0.717, 1.165) is 6.42 Å². The minimum atomic E-state index is -0.107. The Bertz CT molecular complexity index is 516. The van der Waals surface area contributed by atoms with Crippen molar-refractivity contribution in [2.45, 2.75) is 25.5 Å². The van der Waals surface area contributed by atoms with Gasteiger partial charge in [-0.15, -0.1) is 0 Å². The summed E-state index contributed by atoms with van der Waals surface area (Å²) in [5.74, 6) is 5.59. The number of ether oxygens (including phenoxy) is 1. The normalized spacial score (nSPS) is 21.6. The Morgan fingerprint density at radius 3 is 3.00 bits per heavy atom. The summed E-state index contributed by atoms with van der Waals surface area (Å²) in [6.07, 6.45) is 0.912. The molecule has 2 rings (SSSR count). The summed E-state index contributed by atoms with van der Waals surface area (Å²) in [4.78, 5) is 12.3. The Labute approximate surface area is 113 Å². The predicted octanol–water partition coefficient (Wildman–Crippen LogP) is 0.904. The number of carbonyl (C=O) groups is 1. The van der Waals surface area contributed by atoms with Crippen LogP contribution in [0, 0.1) is 11.8 Å². The minimum absolute atomic E-state index is 0.0613. The number of nitrogens with two attached hydrogens (primary N) is 1. The van der Waals surface area contributed by atoms with Gasteiger partial charge in [0.1, 0.15) is 0 Å². The maximum atomic E-state index is 12.3. The molecule has 0 spiro atoms. The highest BCUT2D eigenvalue weighted by Gasteiger charge is 2.26. The zero-order valence-electron chi connectivity index (χ0n) is 11.0. The second-order valence-corrected chi connectivity index (χ2v) is 4.50. The van der Waals surface area contributed by atoms with E-state index >= 15 is 0 Å². The van der Waals surface area contributed by atoms with Gasteiger partial charge in [0, 0.05) is 12.2 Å². The summed E-state index contributed by atoms with van der Waals surface area (Å²) in [6, 6.07) is 7.36. The van der Waals surface area contributed by atoms with Crippen molar-refractivity contribution in [3.63, 3.8) is 0 Å². The molecule has 1 saturated heterocycles. The van der Waals surface area contributed by atoms with Crippen LogP contribution in [0.25, 0.3) is 0 Å². The molecular weight excluding hydrogens is 240 g/mol. The van der Waals surface area contributed by atoms with Crippen molar-refractivity contribution in [2.75, 3.05) is 13.2 Å². The Morgan fingerprint density at radius 1 is 1.53 bits per heavy atom. The van der Waals surface area contributed by atoms with Crippen molar-refractivity contribution < 1.29 is 9.53 Å². The first kappa shape index (κ1) is 13.6. The molecule has 4 heteroatoms. The van der Waals surface area contributed by atoms with Crippen LogP contribution in [0.3, 0.4) is 0 Å². The molecule has 1 aliphatic rings. The number of carbonyl (C=O) groups excluding carboxylic acids is 1. The molecular formula is C15H18N2O2. The molecule has 1 aromatic rings. The first-order valence-electron chi connectivity index (χ1n) is 6.43. The quantitative estimate of drug-likeness (QED) is 0.775. The van der Waals surface area contributed by atoms with Gasteiger partial charge in [0.25, 0.3) is 5.91 Å². The van der Waals surface area contributed by atoms with E-state index in [1.807, 2.05) is 25.1 Å². The summed E-state index contributed by atoms with van der Waals surface area (Å²) in [5.41, 5.74) is 6.65. The Balaban J connectivity index is 2.14. The molecule has 0 aliphatic carbocycles. The molecule has 2 unspecified atom stereocenters. The van der Waals surface area contributed by atoms with Crippen LogP contribution in [-0.4, -0.2) is 31.2 Å². The largest absolute Gasteiger partial charge is 0.376 e. The fourth-order valence-corrected chi connectivity index (χ4v) is 2.10. The first-order chi connectivity index (χ1) is 9.22. The third kappa shape index (κ3) is 3.34. The number of amides is 1. The summed E-state index contributed by atoms with van der Waals surface area (Å²) in [7, 11) is 0. The monoisotopic (exact) mass is 258 g/mol. The second kappa shape index (κ2) is 6.37. The fourth-order valence-electron chi connectivity index (χ4n) is 2.10. The van der Waals surface area contributed by atoms with Gasteiger partial charge in [-0.2, -0.15) is 0 Å². The van der Waals surface area contributed by atoms with Gasteiger partial charge in [0.05, 0.1) is 24.3 Å². The van der Waals surface area contributed by atoms with Crippen LogP contribution in [0.4, 0.5) is 0 Å². The third-order valence-corrected chi connectivity index (χ3v) is 3.19. The highest BCUT2D eigenvalue weighted by molar-refractivity contribution is 5.96. The average molecular weight is 258 g/mol. The molecule has 4 nitrogen and oxygen atoms in total. The van der Waals surface area contributed by atoms with Crippen LogP contribution >= 0.6 is 0 Å². The highest BCUT2D eigenvalue weighted by Crippen LogP contribution is 2.14. The number of hydrogen-bond donors (Lipinski definition) is 2. The smallest absolute Gasteiger partial charge is 0.252 e. The van der Waals surface area contributed by atoms with E-state index in [-0.39, 0.29) is 24.6 Å². The molecule has 100 valence electrons. The van der Waals surface area contributed by atoms with Gasteiger partial charge in [-0.25, -0.2) is 0 Å². The maximum absolute atomic E-state index is 12.3. The predicted molar refractivity (Wildman–Crippen MR) is 73.7 cm³/mol. The number of nitrogens with one attached hydrogen (secondary N) is 1. The minimum Gasteiger partial charge on any atom is -0.376 e. The zero-order chi connectivity index (χ0) is 13.7. The van der Waals surface area contributed by atoms with Crippen LogP contribution in [0.2, 0.25) is 0 Å². The van der Waals surface area contributed by atoms with Gasteiger partial charge in [-0.1, -0.05) is 24.0 Å². The lowest BCUT2D eigenvalue weighted by atomic mass is 10.1. The molecule has 1 amide bonds. The lowest BCUT2D eigenvalue weighted by Gasteiger charge is -2.16. The van der Waals surface area contributed by atoms with Crippen LogP contribution in [0.15, 0.2) is 24.3 Å². The van der Waals surface area contributed by atoms with Crippen molar-refractivity contribution in [2.24, 2.45) is 5.73 Å². The Hall–Kier alpha value is -1.83. The van der Waals surface area contributed by atoms with E-state index in [1.165, 1.54) is 0 Å². The van der Waals surface area contributed by atoms with Gasteiger partial charge in [0.15, 0.2) is 0 Å². The molecule has 0 aromatic heterocycles. The summed E-state index contributed by atoms with van der Waals surface area (Å²) in [5, 5.41) is 3.00. The van der Waals surface area contributed by atoms with E-state index in [2.05, 4.69) is 17.2 Å². The topological polar surface area (TPSA) is 64.3 Å². The fraction of sp³-hybridized carbons (Fsp3) is 0.400. The van der Waals surface area contributed by atoms with E-state index in [4.69, 9.17) is 10.5 Å². The van der Waals surface area contributed by atoms with Gasteiger partial charge in [0.2, 0.25) is 0 Å². The molecule has 0 radical (unpaired) electrons. The van der Waals surface area contributed by atoms with Crippen molar-refractivity contribution in [1.29, 1.82) is 0 Å². The van der Waals surface area contributed by atoms with Crippen LogP contribution in [0.1, 0.15) is 29.3 Å². The Kier molecular flexibility index (Phi) is 4.56. The number of hydrogen-bond acceptors (Lipinski definition) is 3. The third-order valence-electron chi connectivity index (χ3n) is 3.19. The summed E-state index contributed by atoms with van der Waals surface area (Å²) >= 11 is 0. The molecule has 3 N–H and O–H groups in total. The summed E-state index contributed by atoms with van der Waals surface area (Å²) < 4.78 is 5.44. The van der Waals surface area contributed by atoms with E-state index in [9.17, 15) is 4.79 Å². The Morgan fingerprint density at radius 2 is 2.32 bits per heavy atom. The van der Waals surface area contributed by atoms with Gasteiger partial charge >= 0.3 is 0 Å².